The lowest BCUT2D eigenvalue weighted by molar-refractivity contribution is 0.385. The first-order chi connectivity index (χ1) is 11.9. The van der Waals surface area contributed by atoms with Gasteiger partial charge in [-0.15, -0.1) is 0 Å². The second-order valence-electron chi connectivity index (χ2n) is 6.77. The second kappa shape index (κ2) is 7.00. The number of hydrogen-bond acceptors (Lipinski definition) is 1. The summed E-state index contributed by atoms with van der Waals surface area (Å²) in [4.78, 5) is 4.34. The van der Waals surface area contributed by atoms with E-state index in [1.807, 2.05) is 6.20 Å². The lowest BCUT2D eigenvalue weighted by Gasteiger charge is -2.32. The highest BCUT2D eigenvalue weighted by atomic mass is 14.6. The summed E-state index contributed by atoms with van der Waals surface area (Å²) in [6.07, 6.45) is 9.15. The molecule has 1 aliphatic carbocycles. The van der Waals surface area contributed by atoms with Crippen molar-refractivity contribution in [1.82, 2.24) is 4.98 Å². The van der Waals surface area contributed by atoms with Crippen LogP contribution in [0.1, 0.15) is 48.6 Å². The van der Waals surface area contributed by atoms with E-state index in [1.54, 1.807) is 0 Å². The number of benzene rings is 2. The maximum atomic E-state index is 4.34. The van der Waals surface area contributed by atoms with Crippen LogP contribution in [0.3, 0.4) is 0 Å². The molecule has 2 unspecified atom stereocenters. The van der Waals surface area contributed by atoms with E-state index >= 15 is 0 Å². The molecule has 4 rings (SSSR count). The van der Waals surface area contributed by atoms with Crippen LogP contribution in [0.2, 0.25) is 0 Å². The molecule has 1 nitrogen and oxygen atoms in total. The second-order valence-corrected chi connectivity index (χ2v) is 6.77. The first-order valence-corrected chi connectivity index (χ1v) is 8.97. The fourth-order valence-corrected chi connectivity index (χ4v) is 4.08. The molecule has 120 valence electrons. The monoisotopic (exact) mass is 313 g/mol. The van der Waals surface area contributed by atoms with Gasteiger partial charge in [-0.2, -0.15) is 0 Å². The summed E-state index contributed by atoms with van der Waals surface area (Å²) in [6.45, 7) is 0. The van der Waals surface area contributed by atoms with E-state index in [4.69, 9.17) is 0 Å². The third kappa shape index (κ3) is 3.12. The molecule has 0 N–H and O–H groups in total. The van der Waals surface area contributed by atoms with Crippen molar-refractivity contribution in [2.24, 2.45) is 0 Å². The minimum atomic E-state index is 0.607. The zero-order valence-electron chi connectivity index (χ0n) is 13.9. The Hall–Kier alpha value is -2.41. The van der Waals surface area contributed by atoms with Gasteiger partial charge in [0.15, 0.2) is 0 Å². The molecule has 0 saturated heterocycles. The predicted molar refractivity (Wildman–Crippen MR) is 100 cm³/mol. The van der Waals surface area contributed by atoms with Crippen molar-refractivity contribution in [2.45, 2.75) is 37.5 Å². The van der Waals surface area contributed by atoms with Crippen LogP contribution in [-0.4, -0.2) is 4.98 Å². The third-order valence-corrected chi connectivity index (χ3v) is 5.32. The van der Waals surface area contributed by atoms with Gasteiger partial charge in [-0.25, -0.2) is 0 Å². The minimum absolute atomic E-state index is 0.607. The molecule has 1 saturated carbocycles. The molecule has 1 aromatic heterocycles. The molecule has 0 amide bonds. The quantitative estimate of drug-likeness (QED) is 0.562. The SMILES string of the molecule is c1ccc(-c2ccc(C3CCCCC3c3cccnc3)cc2)cc1. The number of pyridine rings is 1. The summed E-state index contributed by atoms with van der Waals surface area (Å²) in [5.74, 6) is 1.22. The summed E-state index contributed by atoms with van der Waals surface area (Å²) in [5, 5.41) is 0. The predicted octanol–water partition coefficient (Wildman–Crippen LogP) is 6.19. The van der Waals surface area contributed by atoms with Crippen molar-refractivity contribution in [1.29, 1.82) is 0 Å². The fourth-order valence-electron chi connectivity index (χ4n) is 4.08. The molecule has 1 heterocycles. The zero-order chi connectivity index (χ0) is 16.2. The van der Waals surface area contributed by atoms with Crippen molar-refractivity contribution in [2.75, 3.05) is 0 Å². The van der Waals surface area contributed by atoms with E-state index in [9.17, 15) is 0 Å². The van der Waals surface area contributed by atoms with Gasteiger partial charge in [-0.1, -0.05) is 73.5 Å². The van der Waals surface area contributed by atoms with Crippen LogP contribution in [-0.2, 0) is 0 Å². The molecule has 1 fully saturated rings. The smallest absolute Gasteiger partial charge is 0.0302 e. The summed E-state index contributed by atoms with van der Waals surface area (Å²) < 4.78 is 0. The van der Waals surface area contributed by atoms with Crippen molar-refractivity contribution in [3.05, 3.63) is 90.3 Å². The van der Waals surface area contributed by atoms with Gasteiger partial charge in [-0.3, -0.25) is 4.98 Å². The highest BCUT2D eigenvalue weighted by Gasteiger charge is 2.27. The van der Waals surface area contributed by atoms with E-state index in [0.29, 0.717) is 11.8 Å². The summed E-state index contributed by atoms with van der Waals surface area (Å²) in [6, 6.07) is 24.2. The molecule has 24 heavy (non-hydrogen) atoms. The minimum Gasteiger partial charge on any atom is -0.264 e. The fraction of sp³-hybridized carbons (Fsp3) is 0.261. The average molecular weight is 313 g/mol. The molecular weight excluding hydrogens is 290 g/mol. The van der Waals surface area contributed by atoms with Crippen LogP contribution in [0.4, 0.5) is 0 Å². The van der Waals surface area contributed by atoms with E-state index in [0.717, 1.165) is 0 Å². The van der Waals surface area contributed by atoms with Crippen molar-refractivity contribution in [3.63, 3.8) is 0 Å². The Kier molecular flexibility index (Phi) is 4.42. The van der Waals surface area contributed by atoms with Crippen molar-refractivity contribution >= 4 is 0 Å². The summed E-state index contributed by atoms with van der Waals surface area (Å²) in [7, 11) is 0. The Morgan fingerprint density at radius 1 is 0.625 bits per heavy atom. The number of aromatic nitrogens is 1. The zero-order valence-corrected chi connectivity index (χ0v) is 13.9. The molecular formula is C23H23N. The molecule has 2 atom stereocenters. The first kappa shape index (κ1) is 15.1. The molecule has 1 heteroatoms. The van der Waals surface area contributed by atoms with Gasteiger partial charge in [0.25, 0.3) is 0 Å². The lowest BCUT2D eigenvalue weighted by Crippen LogP contribution is -2.16. The maximum absolute atomic E-state index is 4.34. The standard InChI is InChI=1S/C23H23N/c1-2-7-18(8-3-1)19-12-14-20(15-13-19)22-10-4-5-11-23(22)21-9-6-16-24-17-21/h1-3,6-9,12-17,22-23H,4-5,10-11H2. The normalized spacial score (nSPS) is 20.7. The molecule has 0 spiro atoms. The Labute approximate surface area is 144 Å². The number of hydrogen-bond donors (Lipinski definition) is 0. The van der Waals surface area contributed by atoms with Crippen LogP contribution < -0.4 is 0 Å². The van der Waals surface area contributed by atoms with Crippen LogP contribution in [0.5, 0.6) is 0 Å². The number of rotatable bonds is 3. The Bertz CT molecular complexity index is 762. The van der Waals surface area contributed by atoms with Gasteiger partial charge in [0.1, 0.15) is 0 Å². The largest absolute Gasteiger partial charge is 0.264 e. The molecule has 1 aliphatic rings. The van der Waals surface area contributed by atoms with Gasteiger partial charge in [-0.05, 0) is 53.0 Å². The van der Waals surface area contributed by atoms with Crippen LogP contribution in [0.15, 0.2) is 79.1 Å². The molecule has 3 aromatic rings. The van der Waals surface area contributed by atoms with Gasteiger partial charge in [0, 0.05) is 12.4 Å². The van der Waals surface area contributed by atoms with Gasteiger partial charge < -0.3 is 0 Å². The average Bonchev–Trinajstić information content (AvgIpc) is 2.69. The van der Waals surface area contributed by atoms with E-state index in [2.05, 4.69) is 77.9 Å². The Balaban J connectivity index is 1.62. The maximum Gasteiger partial charge on any atom is 0.0302 e. The third-order valence-electron chi connectivity index (χ3n) is 5.32. The Morgan fingerprint density at radius 2 is 1.29 bits per heavy atom. The first-order valence-electron chi connectivity index (χ1n) is 8.97. The van der Waals surface area contributed by atoms with Gasteiger partial charge in [0.2, 0.25) is 0 Å². The highest BCUT2D eigenvalue weighted by molar-refractivity contribution is 5.63. The molecule has 0 bridgehead atoms. The van der Waals surface area contributed by atoms with Gasteiger partial charge >= 0.3 is 0 Å². The number of nitrogens with zero attached hydrogens (tertiary/aromatic N) is 1. The van der Waals surface area contributed by atoms with Crippen molar-refractivity contribution in [3.8, 4) is 11.1 Å². The summed E-state index contributed by atoms with van der Waals surface area (Å²) in [5.41, 5.74) is 5.46. The van der Waals surface area contributed by atoms with Crippen LogP contribution >= 0.6 is 0 Å². The van der Waals surface area contributed by atoms with Crippen molar-refractivity contribution < 1.29 is 0 Å². The highest BCUT2D eigenvalue weighted by Crippen LogP contribution is 2.44. The van der Waals surface area contributed by atoms with E-state index in [1.165, 1.54) is 47.9 Å². The topological polar surface area (TPSA) is 12.9 Å². The Morgan fingerprint density at radius 3 is 1.96 bits per heavy atom. The molecule has 2 aromatic carbocycles. The van der Waals surface area contributed by atoms with Gasteiger partial charge in [0.05, 0.1) is 0 Å². The lowest BCUT2D eigenvalue weighted by atomic mass is 9.72. The van der Waals surface area contributed by atoms with Crippen LogP contribution in [0, 0.1) is 0 Å². The molecule has 0 aliphatic heterocycles. The summed E-state index contributed by atoms with van der Waals surface area (Å²) >= 11 is 0. The molecule has 0 radical (unpaired) electrons. The van der Waals surface area contributed by atoms with E-state index in [-0.39, 0.29) is 0 Å². The van der Waals surface area contributed by atoms with E-state index < -0.39 is 0 Å². The van der Waals surface area contributed by atoms with Crippen LogP contribution in [0.25, 0.3) is 11.1 Å².